The largest absolute Gasteiger partial charge is 0.490 e. The summed E-state index contributed by atoms with van der Waals surface area (Å²) >= 11 is 1.47. The first-order chi connectivity index (χ1) is 16.5. The van der Waals surface area contributed by atoms with Gasteiger partial charge in [0, 0.05) is 5.69 Å². The SMILES string of the molecule is CCOc1cc(/C=C2\S[C@@H](Nc3ccc(CC)cc3)NC2=O)ccc1OCc1ccc(C)cc1. The molecule has 1 aliphatic heterocycles. The molecule has 0 radical (unpaired) electrons. The predicted molar refractivity (Wildman–Crippen MR) is 140 cm³/mol. The monoisotopic (exact) mass is 474 g/mol. The molecule has 0 unspecified atom stereocenters. The molecule has 0 bridgehead atoms. The third-order valence-electron chi connectivity index (χ3n) is 5.47. The molecule has 1 aliphatic rings. The van der Waals surface area contributed by atoms with Crippen LogP contribution in [0.25, 0.3) is 6.08 Å². The van der Waals surface area contributed by atoms with Crippen molar-refractivity contribution in [1.82, 2.24) is 5.32 Å². The van der Waals surface area contributed by atoms with Crippen LogP contribution in [0.2, 0.25) is 0 Å². The Labute approximate surface area is 205 Å². The molecule has 0 aliphatic carbocycles. The van der Waals surface area contributed by atoms with Gasteiger partial charge in [-0.3, -0.25) is 4.79 Å². The van der Waals surface area contributed by atoms with E-state index in [1.807, 2.05) is 43.3 Å². The van der Waals surface area contributed by atoms with Gasteiger partial charge < -0.3 is 20.1 Å². The van der Waals surface area contributed by atoms with Crippen LogP contribution in [0.1, 0.15) is 36.1 Å². The van der Waals surface area contributed by atoms with Crippen LogP contribution in [0.5, 0.6) is 11.5 Å². The number of thioether (sulfide) groups is 1. The lowest BCUT2D eigenvalue weighted by Gasteiger charge is -2.13. The van der Waals surface area contributed by atoms with Crippen molar-refractivity contribution in [1.29, 1.82) is 0 Å². The Morgan fingerprint density at radius 3 is 2.38 bits per heavy atom. The number of rotatable bonds is 9. The highest BCUT2D eigenvalue weighted by molar-refractivity contribution is 8.05. The van der Waals surface area contributed by atoms with Crippen molar-refractivity contribution in [2.45, 2.75) is 39.3 Å². The summed E-state index contributed by atoms with van der Waals surface area (Å²) in [5.74, 6) is 1.26. The van der Waals surface area contributed by atoms with Gasteiger partial charge in [-0.1, -0.05) is 66.7 Å². The minimum absolute atomic E-state index is 0.0923. The highest BCUT2D eigenvalue weighted by atomic mass is 32.2. The first-order valence-corrected chi connectivity index (χ1v) is 12.4. The second-order valence-corrected chi connectivity index (χ2v) is 9.24. The quantitative estimate of drug-likeness (QED) is 0.365. The minimum atomic E-state index is -0.213. The van der Waals surface area contributed by atoms with Crippen molar-refractivity contribution in [2.75, 3.05) is 11.9 Å². The molecular weight excluding hydrogens is 444 g/mol. The first-order valence-electron chi connectivity index (χ1n) is 11.5. The molecule has 5 nitrogen and oxygen atoms in total. The number of carbonyl (C=O) groups excluding carboxylic acids is 1. The summed E-state index contributed by atoms with van der Waals surface area (Å²) in [5.41, 5.74) is 5.25. The highest BCUT2D eigenvalue weighted by Gasteiger charge is 2.27. The van der Waals surface area contributed by atoms with Crippen molar-refractivity contribution < 1.29 is 14.3 Å². The van der Waals surface area contributed by atoms with Gasteiger partial charge in [0.1, 0.15) is 6.61 Å². The number of benzene rings is 3. The molecule has 1 fully saturated rings. The van der Waals surface area contributed by atoms with E-state index in [2.05, 4.69) is 60.9 Å². The maximum Gasteiger partial charge on any atom is 0.260 e. The Morgan fingerprint density at radius 2 is 1.68 bits per heavy atom. The maximum atomic E-state index is 12.5. The summed E-state index contributed by atoms with van der Waals surface area (Å²) in [7, 11) is 0. The third kappa shape index (κ3) is 6.14. The van der Waals surface area contributed by atoms with Gasteiger partial charge >= 0.3 is 0 Å². The van der Waals surface area contributed by atoms with E-state index in [1.165, 1.54) is 22.9 Å². The molecular formula is C28H30N2O3S. The Bertz CT molecular complexity index is 1160. The number of nitrogens with one attached hydrogen (secondary N) is 2. The van der Waals surface area contributed by atoms with Crippen molar-refractivity contribution in [3.8, 4) is 11.5 Å². The number of hydrogen-bond donors (Lipinski definition) is 2. The second-order valence-electron chi connectivity index (χ2n) is 8.09. The van der Waals surface area contributed by atoms with Crippen molar-refractivity contribution in [2.24, 2.45) is 0 Å². The Kier molecular flexibility index (Phi) is 7.80. The molecule has 6 heteroatoms. The van der Waals surface area contributed by atoms with E-state index < -0.39 is 0 Å². The van der Waals surface area contributed by atoms with Crippen LogP contribution < -0.4 is 20.1 Å². The van der Waals surface area contributed by atoms with Crippen LogP contribution in [0, 0.1) is 6.92 Å². The molecule has 1 heterocycles. The van der Waals surface area contributed by atoms with E-state index in [4.69, 9.17) is 9.47 Å². The molecule has 176 valence electrons. The standard InChI is InChI=1S/C28H30N2O3S/c1-4-20-10-13-23(14-11-20)29-28-30-27(31)26(34-28)17-22-12-15-24(25(16-22)32-5-2)33-18-21-8-6-19(3)7-9-21/h6-17,28-29H,4-5,18H2,1-3H3,(H,30,31)/b26-17-/t28-/m0/s1. The third-order valence-corrected chi connectivity index (χ3v) is 6.50. The molecule has 0 aromatic heterocycles. The summed E-state index contributed by atoms with van der Waals surface area (Å²) in [6.07, 6.45) is 2.88. The second kappa shape index (κ2) is 11.2. The summed E-state index contributed by atoms with van der Waals surface area (Å²) in [4.78, 5) is 13.2. The van der Waals surface area contributed by atoms with Gasteiger partial charge in [0.2, 0.25) is 0 Å². The van der Waals surface area contributed by atoms with Gasteiger partial charge in [0.25, 0.3) is 5.91 Å². The average Bonchev–Trinajstić information content (AvgIpc) is 3.18. The van der Waals surface area contributed by atoms with E-state index in [0.29, 0.717) is 29.6 Å². The van der Waals surface area contributed by atoms with Crippen LogP contribution in [-0.4, -0.2) is 18.0 Å². The Morgan fingerprint density at radius 1 is 0.941 bits per heavy atom. The van der Waals surface area contributed by atoms with E-state index >= 15 is 0 Å². The van der Waals surface area contributed by atoms with Crippen LogP contribution in [0.4, 0.5) is 5.69 Å². The van der Waals surface area contributed by atoms with E-state index in [-0.39, 0.29) is 11.4 Å². The van der Waals surface area contributed by atoms with Gasteiger partial charge in [0.15, 0.2) is 17.0 Å². The summed E-state index contributed by atoms with van der Waals surface area (Å²) in [6.45, 7) is 7.13. The maximum absolute atomic E-state index is 12.5. The fraction of sp³-hybridized carbons (Fsp3) is 0.250. The summed E-state index contributed by atoms with van der Waals surface area (Å²) in [5, 5.41) is 6.34. The summed E-state index contributed by atoms with van der Waals surface area (Å²) < 4.78 is 11.8. The van der Waals surface area contributed by atoms with Crippen LogP contribution in [0.15, 0.2) is 71.6 Å². The van der Waals surface area contributed by atoms with Crippen LogP contribution in [0.3, 0.4) is 0 Å². The summed E-state index contributed by atoms with van der Waals surface area (Å²) in [6, 6.07) is 22.3. The minimum Gasteiger partial charge on any atom is -0.490 e. The number of amides is 1. The lowest BCUT2D eigenvalue weighted by Crippen LogP contribution is -2.30. The van der Waals surface area contributed by atoms with Crippen molar-refractivity contribution >= 4 is 29.4 Å². The van der Waals surface area contributed by atoms with Gasteiger partial charge in [-0.25, -0.2) is 0 Å². The molecule has 34 heavy (non-hydrogen) atoms. The molecule has 2 N–H and O–H groups in total. The zero-order chi connectivity index (χ0) is 23.9. The highest BCUT2D eigenvalue weighted by Crippen LogP contribution is 2.34. The Hall–Kier alpha value is -3.38. The molecule has 4 rings (SSSR count). The molecule has 1 atom stereocenters. The van der Waals surface area contributed by atoms with Gasteiger partial charge in [0.05, 0.1) is 11.5 Å². The number of ether oxygens (including phenoxy) is 2. The molecule has 1 saturated heterocycles. The number of hydrogen-bond acceptors (Lipinski definition) is 5. The van der Waals surface area contributed by atoms with Crippen molar-refractivity contribution in [3.05, 3.63) is 93.9 Å². The van der Waals surface area contributed by atoms with E-state index in [9.17, 15) is 4.79 Å². The fourth-order valence-corrected chi connectivity index (χ4v) is 4.54. The van der Waals surface area contributed by atoms with E-state index in [1.54, 1.807) is 0 Å². The Balaban J connectivity index is 1.44. The first kappa shape index (κ1) is 23.8. The van der Waals surface area contributed by atoms with Gasteiger partial charge in [-0.05, 0) is 67.3 Å². The molecule has 0 saturated carbocycles. The molecule has 0 spiro atoms. The van der Waals surface area contributed by atoms with E-state index in [0.717, 1.165) is 23.2 Å². The van der Waals surface area contributed by atoms with Gasteiger partial charge in [-0.15, -0.1) is 0 Å². The van der Waals surface area contributed by atoms with Gasteiger partial charge in [-0.2, -0.15) is 0 Å². The van der Waals surface area contributed by atoms with Crippen LogP contribution >= 0.6 is 11.8 Å². The lowest BCUT2D eigenvalue weighted by atomic mass is 10.1. The molecule has 3 aromatic carbocycles. The average molecular weight is 475 g/mol. The lowest BCUT2D eigenvalue weighted by molar-refractivity contribution is -0.116. The molecule has 3 aromatic rings. The van der Waals surface area contributed by atoms with Crippen molar-refractivity contribution in [3.63, 3.8) is 0 Å². The fourth-order valence-electron chi connectivity index (χ4n) is 3.55. The number of aryl methyl sites for hydroxylation is 2. The topological polar surface area (TPSA) is 59.6 Å². The number of anilines is 1. The molecule has 1 amide bonds. The predicted octanol–water partition coefficient (Wildman–Crippen LogP) is 6.13. The smallest absolute Gasteiger partial charge is 0.260 e. The zero-order valence-corrected chi connectivity index (χ0v) is 20.6. The normalized spacial score (nSPS) is 16.4. The van der Waals surface area contributed by atoms with Crippen LogP contribution in [-0.2, 0) is 17.8 Å². The zero-order valence-electron chi connectivity index (χ0n) is 19.8. The number of carbonyl (C=O) groups is 1.